The lowest BCUT2D eigenvalue weighted by atomic mass is 9.86. The first-order valence-corrected chi connectivity index (χ1v) is 11.3. The van der Waals surface area contributed by atoms with Gasteiger partial charge in [-0.15, -0.1) is 0 Å². The molecular formula is C22H27FN2O3S. The average Bonchev–Trinajstić information content (AvgIpc) is 2.69. The van der Waals surface area contributed by atoms with Gasteiger partial charge in [-0.1, -0.05) is 13.0 Å². The Morgan fingerprint density at radius 2 is 1.69 bits per heavy atom. The highest BCUT2D eigenvalue weighted by molar-refractivity contribution is 7.92. The van der Waals surface area contributed by atoms with Crippen molar-refractivity contribution in [3.63, 3.8) is 0 Å². The number of carbonyl (C=O) groups is 1. The molecule has 0 unspecified atom stereocenters. The van der Waals surface area contributed by atoms with E-state index in [0.717, 1.165) is 25.7 Å². The number of carbonyl (C=O) groups excluding carboxylic acids is 1. The molecule has 1 amide bonds. The van der Waals surface area contributed by atoms with Crippen LogP contribution in [0.1, 0.15) is 48.5 Å². The summed E-state index contributed by atoms with van der Waals surface area (Å²) in [5, 5.41) is 0. The van der Waals surface area contributed by atoms with Crippen LogP contribution in [0.25, 0.3) is 0 Å². The quantitative estimate of drug-likeness (QED) is 0.773. The summed E-state index contributed by atoms with van der Waals surface area (Å²) in [7, 11) is -2.13. The summed E-state index contributed by atoms with van der Waals surface area (Å²) in [6.07, 6.45) is 4.12. The predicted octanol–water partition coefficient (Wildman–Crippen LogP) is 4.59. The molecule has 5 nitrogen and oxygen atoms in total. The van der Waals surface area contributed by atoms with E-state index in [1.54, 1.807) is 31.0 Å². The monoisotopic (exact) mass is 418 g/mol. The van der Waals surface area contributed by atoms with Crippen molar-refractivity contribution in [3.05, 3.63) is 59.4 Å². The summed E-state index contributed by atoms with van der Waals surface area (Å²) in [5.41, 5.74) is 1.14. The molecule has 2 aromatic carbocycles. The zero-order valence-electron chi connectivity index (χ0n) is 17.0. The van der Waals surface area contributed by atoms with Crippen LogP contribution >= 0.6 is 0 Å². The minimum absolute atomic E-state index is 0.0401. The second-order valence-corrected chi connectivity index (χ2v) is 9.57. The van der Waals surface area contributed by atoms with Crippen LogP contribution in [0.5, 0.6) is 0 Å². The van der Waals surface area contributed by atoms with Gasteiger partial charge in [0.2, 0.25) is 0 Å². The van der Waals surface area contributed by atoms with Crippen molar-refractivity contribution in [2.45, 2.75) is 50.5 Å². The van der Waals surface area contributed by atoms with Gasteiger partial charge >= 0.3 is 0 Å². The first kappa shape index (κ1) is 21.3. The van der Waals surface area contributed by atoms with Crippen LogP contribution in [0.4, 0.5) is 10.1 Å². The zero-order valence-corrected chi connectivity index (χ0v) is 17.8. The van der Waals surface area contributed by atoms with Crippen molar-refractivity contribution >= 4 is 21.6 Å². The Bertz CT molecular complexity index is 982. The van der Waals surface area contributed by atoms with E-state index in [1.165, 1.54) is 30.3 Å². The van der Waals surface area contributed by atoms with Crippen molar-refractivity contribution in [1.82, 2.24) is 4.90 Å². The molecule has 0 heterocycles. The third-order valence-electron chi connectivity index (χ3n) is 5.67. The molecule has 3 rings (SSSR count). The summed E-state index contributed by atoms with van der Waals surface area (Å²) < 4.78 is 41.2. The number of rotatable bonds is 5. The topological polar surface area (TPSA) is 66.5 Å². The van der Waals surface area contributed by atoms with E-state index in [2.05, 4.69) is 11.6 Å². The fourth-order valence-corrected chi connectivity index (χ4v) is 5.08. The van der Waals surface area contributed by atoms with Gasteiger partial charge in [0, 0.05) is 24.3 Å². The van der Waals surface area contributed by atoms with Crippen LogP contribution in [0, 0.1) is 18.7 Å². The van der Waals surface area contributed by atoms with Gasteiger partial charge < -0.3 is 4.90 Å². The molecule has 1 fully saturated rings. The molecule has 1 N–H and O–H groups in total. The Morgan fingerprint density at radius 3 is 2.31 bits per heavy atom. The van der Waals surface area contributed by atoms with E-state index in [0.29, 0.717) is 17.0 Å². The zero-order chi connectivity index (χ0) is 21.2. The maximum Gasteiger partial charge on any atom is 0.262 e. The second-order valence-electron chi connectivity index (χ2n) is 7.92. The number of aryl methyl sites for hydroxylation is 1. The van der Waals surface area contributed by atoms with Gasteiger partial charge in [0.25, 0.3) is 15.9 Å². The molecule has 29 heavy (non-hydrogen) atoms. The Balaban J connectivity index is 1.83. The fraction of sp³-hybridized carbons (Fsp3) is 0.409. The third-order valence-corrected chi connectivity index (χ3v) is 7.20. The number of benzene rings is 2. The summed E-state index contributed by atoms with van der Waals surface area (Å²) >= 11 is 0. The number of sulfonamides is 1. The normalized spacial score (nSPS) is 19.6. The molecular weight excluding hydrogens is 391 g/mol. The molecule has 0 radical (unpaired) electrons. The number of nitrogens with zero attached hydrogens (tertiary/aromatic N) is 1. The fourth-order valence-electron chi connectivity index (χ4n) is 3.75. The van der Waals surface area contributed by atoms with Crippen molar-refractivity contribution in [1.29, 1.82) is 0 Å². The van der Waals surface area contributed by atoms with Gasteiger partial charge in [-0.25, -0.2) is 12.8 Å². The van der Waals surface area contributed by atoms with E-state index in [4.69, 9.17) is 0 Å². The highest BCUT2D eigenvalue weighted by Crippen LogP contribution is 2.28. The Kier molecular flexibility index (Phi) is 6.27. The summed E-state index contributed by atoms with van der Waals surface area (Å²) in [6, 6.07) is 9.99. The molecule has 156 valence electrons. The van der Waals surface area contributed by atoms with E-state index in [9.17, 15) is 17.6 Å². The molecule has 0 atom stereocenters. The molecule has 0 saturated heterocycles. The Morgan fingerprint density at radius 1 is 1.07 bits per heavy atom. The molecule has 1 saturated carbocycles. The van der Waals surface area contributed by atoms with E-state index in [-0.39, 0.29) is 22.5 Å². The van der Waals surface area contributed by atoms with Crippen LogP contribution in [0.15, 0.2) is 47.4 Å². The maximum atomic E-state index is 13.1. The molecule has 2 aromatic rings. The predicted molar refractivity (Wildman–Crippen MR) is 112 cm³/mol. The van der Waals surface area contributed by atoms with Gasteiger partial charge in [-0.05, 0) is 80.5 Å². The van der Waals surface area contributed by atoms with Gasteiger partial charge in [0.1, 0.15) is 5.82 Å². The van der Waals surface area contributed by atoms with Gasteiger partial charge in [0.05, 0.1) is 4.90 Å². The number of amides is 1. The first-order chi connectivity index (χ1) is 13.7. The third kappa shape index (κ3) is 4.96. The first-order valence-electron chi connectivity index (χ1n) is 9.83. The van der Waals surface area contributed by atoms with Gasteiger partial charge in [-0.3, -0.25) is 9.52 Å². The number of anilines is 1. The van der Waals surface area contributed by atoms with E-state index < -0.39 is 15.8 Å². The molecule has 0 aliphatic heterocycles. The summed E-state index contributed by atoms with van der Waals surface area (Å²) in [5.74, 6) is 0.0584. The van der Waals surface area contributed by atoms with Crippen molar-refractivity contribution in [2.24, 2.45) is 5.92 Å². The minimum Gasteiger partial charge on any atom is -0.339 e. The minimum atomic E-state index is -3.91. The number of hydrogen-bond donors (Lipinski definition) is 1. The highest BCUT2D eigenvalue weighted by Gasteiger charge is 2.27. The van der Waals surface area contributed by atoms with Crippen LogP contribution in [0.3, 0.4) is 0 Å². The lowest BCUT2D eigenvalue weighted by Crippen LogP contribution is -2.39. The van der Waals surface area contributed by atoms with Crippen LogP contribution in [-0.2, 0) is 10.0 Å². The van der Waals surface area contributed by atoms with Crippen molar-refractivity contribution in [3.8, 4) is 0 Å². The molecule has 7 heteroatoms. The molecule has 0 bridgehead atoms. The van der Waals surface area contributed by atoms with Crippen LogP contribution in [-0.4, -0.2) is 32.3 Å². The summed E-state index contributed by atoms with van der Waals surface area (Å²) in [4.78, 5) is 14.8. The highest BCUT2D eigenvalue weighted by atomic mass is 32.2. The SMILES string of the molecule is Cc1ccc(C(=O)N(C)C2CCC(C)CC2)cc1S(=O)(=O)Nc1ccc(F)cc1. The molecule has 1 aliphatic rings. The average molecular weight is 419 g/mol. The Labute approximate surface area is 172 Å². The molecule has 0 spiro atoms. The standard InChI is InChI=1S/C22H27FN2O3S/c1-15-4-12-20(13-5-15)25(3)22(26)17-7-6-16(2)21(14-17)29(27,28)24-19-10-8-18(23)9-11-19/h6-11,14-15,20,24H,4-5,12-13H2,1-3H3. The van der Waals surface area contributed by atoms with Crippen molar-refractivity contribution in [2.75, 3.05) is 11.8 Å². The largest absolute Gasteiger partial charge is 0.339 e. The van der Waals surface area contributed by atoms with E-state index >= 15 is 0 Å². The number of nitrogens with one attached hydrogen (secondary N) is 1. The second kappa shape index (κ2) is 8.53. The summed E-state index contributed by atoms with van der Waals surface area (Å²) in [6.45, 7) is 3.91. The van der Waals surface area contributed by atoms with Crippen molar-refractivity contribution < 1.29 is 17.6 Å². The van der Waals surface area contributed by atoms with Gasteiger partial charge in [0.15, 0.2) is 0 Å². The lowest BCUT2D eigenvalue weighted by Gasteiger charge is -2.33. The van der Waals surface area contributed by atoms with E-state index in [1.807, 2.05) is 0 Å². The lowest BCUT2D eigenvalue weighted by molar-refractivity contribution is 0.0679. The molecule has 1 aliphatic carbocycles. The molecule has 0 aromatic heterocycles. The smallest absolute Gasteiger partial charge is 0.262 e. The number of halogens is 1. The number of hydrogen-bond acceptors (Lipinski definition) is 3. The van der Waals surface area contributed by atoms with Crippen LogP contribution < -0.4 is 4.72 Å². The maximum absolute atomic E-state index is 13.1. The Hall–Kier alpha value is -2.41. The van der Waals surface area contributed by atoms with Crippen LogP contribution in [0.2, 0.25) is 0 Å². The van der Waals surface area contributed by atoms with Gasteiger partial charge in [-0.2, -0.15) is 0 Å².